The normalized spacial score (nSPS) is 19.4. The Labute approximate surface area is 169 Å². The molecule has 0 radical (unpaired) electrons. The molecule has 150 valence electrons. The first-order valence-electron chi connectivity index (χ1n) is 10.3. The van der Waals surface area contributed by atoms with Gasteiger partial charge in [-0.15, -0.1) is 0 Å². The van der Waals surface area contributed by atoms with Crippen LogP contribution in [0.1, 0.15) is 42.3 Å². The van der Waals surface area contributed by atoms with Gasteiger partial charge in [0.05, 0.1) is 18.9 Å². The van der Waals surface area contributed by atoms with E-state index in [1.165, 1.54) is 5.56 Å². The molecule has 2 aliphatic rings. The predicted octanol–water partition coefficient (Wildman–Crippen LogP) is 3.50. The van der Waals surface area contributed by atoms with E-state index in [9.17, 15) is 4.79 Å². The minimum atomic E-state index is -0.0190. The summed E-state index contributed by atoms with van der Waals surface area (Å²) in [6.45, 7) is 4.98. The van der Waals surface area contributed by atoms with Crippen LogP contribution in [0.4, 0.5) is 0 Å². The number of benzene rings is 1. The maximum Gasteiger partial charge on any atom is 0.258 e. The van der Waals surface area contributed by atoms with E-state index < -0.39 is 0 Å². The van der Waals surface area contributed by atoms with Gasteiger partial charge >= 0.3 is 0 Å². The summed E-state index contributed by atoms with van der Waals surface area (Å²) in [5.74, 6) is 1.67. The number of aromatic nitrogens is 2. The SMILES string of the molecule is Cc1cccc2nc(CN3CCCC3c3ccc4c(c3)OCCCO4)cc(=O)n12. The summed E-state index contributed by atoms with van der Waals surface area (Å²) in [5, 5.41) is 0. The molecule has 0 bridgehead atoms. The largest absolute Gasteiger partial charge is 0.490 e. The van der Waals surface area contributed by atoms with Crippen LogP contribution >= 0.6 is 0 Å². The van der Waals surface area contributed by atoms with Crippen molar-refractivity contribution in [2.75, 3.05) is 19.8 Å². The summed E-state index contributed by atoms with van der Waals surface area (Å²) in [6, 6.07) is 14.0. The molecule has 5 rings (SSSR count). The molecule has 6 nitrogen and oxygen atoms in total. The Kier molecular flexibility index (Phi) is 4.72. The van der Waals surface area contributed by atoms with Crippen LogP contribution in [0, 0.1) is 6.92 Å². The minimum absolute atomic E-state index is 0.0190. The predicted molar refractivity (Wildman–Crippen MR) is 111 cm³/mol. The number of likely N-dealkylation sites (tertiary alicyclic amines) is 1. The van der Waals surface area contributed by atoms with Gasteiger partial charge in [-0.3, -0.25) is 14.1 Å². The first kappa shape index (κ1) is 18.2. The van der Waals surface area contributed by atoms with E-state index in [4.69, 9.17) is 14.5 Å². The molecule has 3 aromatic rings. The Morgan fingerprint density at radius 3 is 2.83 bits per heavy atom. The van der Waals surface area contributed by atoms with Gasteiger partial charge < -0.3 is 9.47 Å². The van der Waals surface area contributed by atoms with Crippen LogP contribution in [0.5, 0.6) is 11.5 Å². The second-order valence-electron chi connectivity index (χ2n) is 7.83. The van der Waals surface area contributed by atoms with Crippen molar-refractivity contribution in [3.8, 4) is 11.5 Å². The number of hydrogen-bond acceptors (Lipinski definition) is 5. The molecule has 2 aromatic heterocycles. The maximum atomic E-state index is 12.6. The lowest BCUT2D eigenvalue weighted by molar-refractivity contribution is 0.244. The van der Waals surface area contributed by atoms with Crippen LogP contribution in [0.25, 0.3) is 5.65 Å². The quantitative estimate of drug-likeness (QED) is 0.684. The second kappa shape index (κ2) is 7.52. The molecule has 1 saturated heterocycles. The van der Waals surface area contributed by atoms with Crippen molar-refractivity contribution in [1.29, 1.82) is 0 Å². The minimum Gasteiger partial charge on any atom is -0.490 e. The summed E-state index contributed by atoms with van der Waals surface area (Å²) in [5.41, 5.74) is 3.65. The maximum absolute atomic E-state index is 12.6. The van der Waals surface area contributed by atoms with E-state index in [0.29, 0.717) is 31.4 Å². The molecule has 0 N–H and O–H groups in total. The Hall–Kier alpha value is -2.86. The molecular weight excluding hydrogens is 366 g/mol. The lowest BCUT2D eigenvalue weighted by Gasteiger charge is -2.25. The van der Waals surface area contributed by atoms with Gasteiger partial charge in [0, 0.05) is 30.8 Å². The molecular formula is C23H25N3O3. The van der Waals surface area contributed by atoms with E-state index in [-0.39, 0.29) is 5.56 Å². The highest BCUT2D eigenvalue weighted by atomic mass is 16.5. The molecule has 0 amide bonds. The van der Waals surface area contributed by atoms with Crippen molar-refractivity contribution in [3.63, 3.8) is 0 Å². The van der Waals surface area contributed by atoms with Crippen LogP contribution < -0.4 is 15.0 Å². The van der Waals surface area contributed by atoms with E-state index in [2.05, 4.69) is 17.0 Å². The van der Waals surface area contributed by atoms with Gasteiger partial charge in [0.25, 0.3) is 5.56 Å². The first-order valence-corrected chi connectivity index (χ1v) is 10.3. The Balaban J connectivity index is 1.43. The fraction of sp³-hybridized carbons (Fsp3) is 0.391. The molecule has 4 heterocycles. The van der Waals surface area contributed by atoms with Crippen LogP contribution in [0.15, 0.2) is 47.3 Å². The third kappa shape index (κ3) is 3.49. The van der Waals surface area contributed by atoms with Crippen LogP contribution in [0.3, 0.4) is 0 Å². The zero-order valence-electron chi connectivity index (χ0n) is 16.6. The van der Waals surface area contributed by atoms with Crippen molar-refractivity contribution in [1.82, 2.24) is 14.3 Å². The Morgan fingerprint density at radius 1 is 1.07 bits per heavy atom. The number of pyridine rings is 1. The molecule has 1 atom stereocenters. The Bertz CT molecular complexity index is 1110. The van der Waals surface area contributed by atoms with Crippen LogP contribution in [-0.2, 0) is 6.54 Å². The first-order chi connectivity index (χ1) is 14.2. The van der Waals surface area contributed by atoms with Gasteiger partial charge in [-0.2, -0.15) is 0 Å². The highest BCUT2D eigenvalue weighted by Crippen LogP contribution is 2.38. The zero-order chi connectivity index (χ0) is 19.8. The third-order valence-corrected chi connectivity index (χ3v) is 5.82. The second-order valence-corrected chi connectivity index (χ2v) is 7.83. The molecule has 0 aliphatic carbocycles. The number of fused-ring (bicyclic) bond motifs is 2. The van der Waals surface area contributed by atoms with Crippen LogP contribution in [-0.4, -0.2) is 34.0 Å². The van der Waals surface area contributed by atoms with Gasteiger partial charge in [0.1, 0.15) is 5.65 Å². The summed E-state index contributed by atoms with van der Waals surface area (Å²) in [7, 11) is 0. The Morgan fingerprint density at radius 2 is 1.93 bits per heavy atom. The van der Waals surface area contributed by atoms with Crippen LogP contribution in [0.2, 0.25) is 0 Å². The number of hydrogen-bond donors (Lipinski definition) is 0. The van der Waals surface area contributed by atoms with Crippen molar-refractivity contribution >= 4 is 5.65 Å². The average molecular weight is 391 g/mol. The van der Waals surface area contributed by atoms with E-state index in [1.807, 2.05) is 31.2 Å². The standard InChI is InChI=1S/C23H25N3O3/c1-16-5-2-7-22-24-18(14-23(27)26(16)22)15-25-10-3-6-19(25)17-8-9-20-21(13-17)29-12-4-11-28-20/h2,5,7-9,13-14,19H,3-4,6,10-12,15H2,1H3. The van der Waals surface area contributed by atoms with E-state index in [0.717, 1.165) is 48.7 Å². The fourth-order valence-corrected chi connectivity index (χ4v) is 4.43. The summed E-state index contributed by atoms with van der Waals surface area (Å²) >= 11 is 0. The summed E-state index contributed by atoms with van der Waals surface area (Å²) < 4.78 is 13.3. The monoisotopic (exact) mass is 391 g/mol. The highest BCUT2D eigenvalue weighted by Gasteiger charge is 2.27. The topological polar surface area (TPSA) is 56.1 Å². The lowest BCUT2D eigenvalue weighted by atomic mass is 10.0. The molecule has 29 heavy (non-hydrogen) atoms. The van der Waals surface area contributed by atoms with Crippen molar-refractivity contribution in [2.24, 2.45) is 0 Å². The van der Waals surface area contributed by atoms with Gasteiger partial charge in [0.15, 0.2) is 11.5 Å². The van der Waals surface area contributed by atoms with Crippen molar-refractivity contribution in [3.05, 3.63) is 69.8 Å². The summed E-state index contributed by atoms with van der Waals surface area (Å²) in [6.07, 6.45) is 3.12. The van der Waals surface area contributed by atoms with E-state index >= 15 is 0 Å². The fourth-order valence-electron chi connectivity index (χ4n) is 4.43. The van der Waals surface area contributed by atoms with Gasteiger partial charge in [-0.1, -0.05) is 12.1 Å². The van der Waals surface area contributed by atoms with Crippen molar-refractivity contribution < 1.29 is 9.47 Å². The van der Waals surface area contributed by atoms with Gasteiger partial charge in [0.2, 0.25) is 0 Å². The summed E-state index contributed by atoms with van der Waals surface area (Å²) in [4.78, 5) is 19.8. The van der Waals surface area contributed by atoms with Gasteiger partial charge in [-0.05, 0) is 56.1 Å². The molecule has 1 unspecified atom stereocenters. The number of ether oxygens (including phenoxy) is 2. The lowest BCUT2D eigenvalue weighted by Crippen LogP contribution is -2.25. The molecule has 0 spiro atoms. The molecule has 1 fully saturated rings. The molecule has 2 aliphatic heterocycles. The van der Waals surface area contributed by atoms with Crippen molar-refractivity contribution in [2.45, 2.75) is 38.8 Å². The smallest absolute Gasteiger partial charge is 0.258 e. The average Bonchev–Trinajstić information content (AvgIpc) is 3.03. The number of aryl methyl sites for hydroxylation is 1. The third-order valence-electron chi connectivity index (χ3n) is 5.82. The number of nitrogens with zero attached hydrogens (tertiary/aromatic N) is 3. The molecule has 0 saturated carbocycles. The van der Waals surface area contributed by atoms with Gasteiger partial charge in [-0.25, -0.2) is 4.98 Å². The number of rotatable bonds is 3. The highest BCUT2D eigenvalue weighted by molar-refractivity contribution is 5.44. The zero-order valence-corrected chi connectivity index (χ0v) is 16.6. The van der Waals surface area contributed by atoms with E-state index in [1.54, 1.807) is 10.5 Å². The molecule has 1 aromatic carbocycles. The molecule has 6 heteroatoms.